The van der Waals surface area contributed by atoms with Gasteiger partial charge in [-0.3, -0.25) is 0 Å². The van der Waals surface area contributed by atoms with Crippen molar-refractivity contribution in [2.45, 2.75) is 53.5 Å². The molecule has 0 aliphatic heterocycles. The van der Waals surface area contributed by atoms with E-state index in [4.69, 9.17) is 0 Å². The minimum atomic E-state index is 0.147. The van der Waals surface area contributed by atoms with Crippen LogP contribution in [0.5, 0.6) is 0 Å². The summed E-state index contributed by atoms with van der Waals surface area (Å²) < 4.78 is 0. The number of aryl methyl sites for hydroxylation is 1. The summed E-state index contributed by atoms with van der Waals surface area (Å²) in [5.41, 5.74) is 2.73. The fraction of sp³-hybridized carbons (Fsp3) is 0.571. The molecular weight excluding hydrogens is 182 g/mol. The van der Waals surface area contributed by atoms with Crippen LogP contribution >= 0.6 is 0 Å². The minimum absolute atomic E-state index is 0.147. The molecule has 1 heteroatoms. The lowest BCUT2D eigenvalue weighted by Gasteiger charge is -2.22. The molecule has 1 nitrogen and oxygen atoms in total. The van der Waals surface area contributed by atoms with E-state index < -0.39 is 0 Å². The Morgan fingerprint density at radius 3 is 1.80 bits per heavy atom. The Labute approximate surface area is 94.9 Å². The van der Waals surface area contributed by atoms with E-state index in [0.29, 0.717) is 0 Å². The van der Waals surface area contributed by atoms with Gasteiger partial charge < -0.3 is 5.32 Å². The lowest BCUT2D eigenvalue weighted by molar-refractivity contribution is 0.634. The van der Waals surface area contributed by atoms with Crippen LogP contribution in [0, 0.1) is 0 Å². The molecule has 86 valence electrons. The molecule has 0 fully saturated rings. The van der Waals surface area contributed by atoms with E-state index >= 15 is 0 Å². The van der Waals surface area contributed by atoms with Crippen molar-refractivity contribution in [3.63, 3.8) is 0 Å². The van der Waals surface area contributed by atoms with Crippen molar-refractivity contribution in [1.82, 2.24) is 0 Å². The van der Waals surface area contributed by atoms with Crippen molar-refractivity contribution >= 4 is 5.69 Å². The van der Waals surface area contributed by atoms with Crippen LogP contribution in [-0.4, -0.2) is 5.54 Å². The summed E-state index contributed by atoms with van der Waals surface area (Å²) in [5.74, 6) is 0. The van der Waals surface area contributed by atoms with Crippen LogP contribution in [0.4, 0.5) is 5.69 Å². The van der Waals surface area contributed by atoms with Gasteiger partial charge in [-0.2, -0.15) is 0 Å². The summed E-state index contributed by atoms with van der Waals surface area (Å²) in [5, 5.41) is 3.43. The van der Waals surface area contributed by atoms with Crippen LogP contribution in [0.25, 0.3) is 0 Å². The molecular formula is C14H25N. The van der Waals surface area contributed by atoms with Gasteiger partial charge in [-0.25, -0.2) is 0 Å². The first-order chi connectivity index (χ1) is 7.01. The number of benzene rings is 1. The number of rotatable bonds is 2. The maximum atomic E-state index is 3.43. The zero-order chi connectivity index (χ0) is 11.9. The van der Waals surface area contributed by atoms with Crippen LogP contribution in [0.3, 0.4) is 0 Å². The highest BCUT2D eigenvalue weighted by Gasteiger charge is 2.08. The molecule has 0 saturated heterocycles. The molecule has 0 spiro atoms. The van der Waals surface area contributed by atoms with E-state index in [2.05, 4.69) is 57.3 Å². The van der Waals surface area contributed by atoms with Gasteiger partial charge in [-0.1, -0.05) is 32.9 Å². The fourth-order valence-corrected chi connectivity index (χ4v) is 1.26. The standard InChI is InChI=1S/C12H19N.C2H6/c1-5-10-6-8-11(9-7-10)13-12(2,3)4;1-2/h6-9,13H,5H2,1-4H3;1-2H3. The first-order valence-electron chi connectivity index (χ1n) is 5.88. The third-order valence-corrected chi connectivity index (χ3v) is 1.88. The minimum Gasteiger partial charge on any atom is -0.380 e. The maximum Gasteiger partial charge on any atom is 0.0344 e. The van der Waals surface area contributed by atoms with Gasteiger partial charge >= 0.3 is 0 Å². The van der Waals surface area contributed by atoms with E-state index in [1.807, 2.05) is 13.8 Å². The number of hydrogen-bond donors (Lipinski definition) is 1. The first-order valence-corrected chi connectivity index (χ1v) is 5.88. The van der Waals surface area contributed by atoms with Gasteiger partial charge in [0, 0.05) is 11.2 Å². The third-order valence-electron chi connectivity index (χ3n) is 1.88. The predicted molar refractivity (Wildman–Crippen MR) is 70.5 cm³/mol. The van der Waals surface area contributed by atoms with Gasteiger partial charge in [0.25, 0.3) is 0 Å². The molecule has 0 amide bonds. The van der Waals surface area contributed by atoms with E-state index in [0.717, 1.165) is 6.42 Å². The van der Waals surface area contributed by atoms with E-state index in [-0.39, 0.29) is 5.54 Å². The molecule has 1 aromatic carbocycles. The van der Waals surface area contributed by atoms with Crippen LogP contribution in [0.15, 0.2) is 24.3 Å². The largest absolute Gasteiger partial charge is 0.380 e. The molecule has 0 aromatic heterocycles. The zero-order valence-electron chi connectivity index (χ0n) is 11.0. The highest BCUT2D eigenvalue weighted by atomic mass is 14.9. The quantitative estimate of drug-likeness (QED) is 0.753. The summed E-state index contributed by atoms with van der Waals surface area (Å²) >= 11 is 0. The molecule has 0 atom stereocenters. The van der Waals surface area contributed by atoms with E-state index in [9.17, 15) is 0 Å². The molecule has 15 heavy (non-hydrogen) atoms. The smallest absolute Gasteiger partial charge is 0.0344 e. The maximum absolute atomic E-state index is 3.43. The lowest BCUT2D eigenvalue weighted by atomic mass is 10.1. The Balaban J connectivity index is 0.000000921. The summed E-state index contributed by atoms with van der Waals surface area (Å²) in [6, 6.07) is 8.64. The average Bonchev–Trinajstić information content (AvgIpc) is 2.20. The van der Waals surface area contributed by atoms with Crippen molar-refractivity contribution in [3.8, 4) is 0 Å². The van der Waals surface area contributed by atoms with Crippen LogP contribution in [0.1, 0.15) is 47.1 Å². The Kier molecular flexibility index (Phi) is 6.07. The van der Waals surface area contributed by atoms with Gasteiger partial charge in [0.2, 0.25) is 0 Å². The summed E-state index contributed by atoms with van der Waals surface area (Å²) in [6.45, 7) is 12.7. The summed E-state index contributed by atoms with van der Waals surface area (Å²) in [6.07, 6.45) is 1.11. The van der Waals surface area contributed by atoms with Gasteiger partial charge in [0.1, 0.15) is 0 Å². The van der Waals surface area contributed by atoms with Gasteiger partial charge in [-0.05, 0) is 44.9 Å². The lowest BCUT2D eigenvalue weighted by Crippen LogP contribution is -2.25. The fourth-order valence-electron chi connectivity index (χ4n) is 1.26. The molecule has 0 unspecified atom stereocenters. The molecule has 1 rings (SSSR count). The van der Waals surface area contributed by atoms with Crippen molar-refractivity contribution in [1.29, 1.82) is 0 Å². The Hall–Kier alpha value is -0.980. The molecule has 0 aliphatic carbocycles. The van der Waals surface area contributed by atoms with Gasteiger partial charge in [-0.15, -0.1) is 0 Å². The molecule has 1 aromatic rings. The highest BCUT2D eigenvalue weighted by Crippen LogP contribution is 2.15. The second-order valence-electron chi connectivity index (χ2n) is 4.43. The highest BCUT2D eigenvalue weighted by molar-refractivity contribution is 5.46. The molecule has 0 aliphatic rings. The summed E-state index contributed by atoms with van der Waals surface area (Å²) in [4.78, 5) is 0. The average molecular weight is 207 g/mol. The summed E-state index contributed by atoms with van der Waals surface area (Å²) in [7, 11) is 0. The molecule has 0 bridgehead atoms. The van der Waals surface area contributed by atoms with Crippen LogP contribution in [-0.2, 0) is 6.42 Å². The molecule has 0 saturated carbocycles. The molecule has 0 heterocycles. The predicted octanol–water partition coefficient (Wildman–Crippen LogP) is 4.49. The van der Waals surface area contributed by atoms with Crippen molar-refractivity contribution < 1.29 is 0 Å². The number of hydrogen-bond acceptors (Lipinski definition) is 1. The molecule has 0 radical (unpaired) electrons. The van der Waals surface area contributed by atoms with Gasteiger partial charge in [0.15, 0.2) is 0 Å². The third kappa shape index (κ3) is 6.16. The second-order valence-corrected chi connectivity index (χ2v) is 4.43. The Morgan fingerprint density at radius 2 is 1.47 bits per heavy atom. The van der Waals surface area contributed by atoms with Crippen molar-refractivity contribution in [2.24, 2.45) is 0 Å². The Bertz CT molecular complexity index is 254. The van der Waals surface area contributed by atoms with Crippen molar-refractivity contribution in [2.75, 3.05) is 5.32 Å². The molecule has 1 N–H and O–H groups in total. The number of nitrogens with one attached hydrogen (secondary N) is 1. The van der Waals surface area contributed by atoms with Gasteiger partial charge in [0.05, 0.1) is 0 Å². The van der Waals surface area contributed by atoms with Crippen LogP contribution < -0.4 is 5.32 Å². The van der Waals surface area contributed by atoms with E-state index in [1.54, 1.807) is 0 Å². The first kappa shape index (κ1) is 14.0. The number of anilines is 1. The Morgan fingerprint density at radius 1 is 1.00 bits per heavy atom. The van der Waals surface area contributed by atoms with E-state index in [1.165, 1.54) is 11.3 Å². The topological polar surface area (TPSA) is 12.0 Å². The van der Waals surface area contributed by atoms with Crippen LogP contribution in [0.2, 0.25) is 0 Å². The SMILES string of the molecule is CC.CCc1ccc(NC(C)(C)C)cc1. The monoisotopic (exact) mass is 207 g/mol. The second kappa shape index (κ2) is 6.49. The van der Waals surface area contributed by atoms with Crippen molar-refractivity contribution in [3.05, 3.63) is 29.8 Å². The zero-order valence-corrected chi connectivity index (χ0v) is 11.0. The normalized spacial score (nSPS) is 10.3.